The number of thiophene rings is 1. The molecule has 50 heavy (non-hydrogen) atoms. The van der Waals surface area contributed by atoms with Gasteiger partial charge in [-0.2, -0.15) is 0 Å². The molecule has 8 aromatic rings. The van der Waals surface area contributed by atoms with Gasteiger partial charge in [-0.25, -0.2) is 0 Å². The van der Waals surface area contributed by atoms with Gasteiger partial charge in [0.05, 0.1) is 11.0 Å². The van der Waals surface area contributed by atoms with Crippen LogP contribution in [0.1, 0.15) is 51.3 Å². The van der Waals surface area contributed by atoms with Crippen LogP contribution in [0.2, 0.25) is 0 Å². The van der Waals surface area contributed by atoms with Gasteiger partial charge >= 0.3 is 0 Å². The normalized spacial score (nSPS) is 13.6. The molecule has 0 bridgehead atoms. The molecule has 0 atom stereocenters. The van der Waals surface area contributed by atoms with Crippen LogP contribution in [0.15, 0.2) is 152 Å². The largest absolute Gasteiger partial charge is 0.309 e. The van der Waals surface area contributed by atoms with Crippen LogP contribution in [0.3, 0.4) is 0 Å². The van der Waals surface area contributed by atoms with E-state index in [1.54, 1.807) is 0 Å². The lowest BCUT2D eigenvalue weighted by Crippen LogP contribution is -2.14. The molecule has 0 unspecified atom stereocenters. The van der Waals surface area contributed by atoms with Crippen LogP contribution in [-0.2, 0) is 5.41 Å². The molecule has 2 heteroatoms. The quantitative estimate of drug-likeness (QED) is 0.162. The summed E-state index contributed by atoms with van der Waals surface area (Å²) in [6.45, 7) is 14.8. The Morgan fingerprint density at radius 1 is 0.680 bits per heavy atom. The molecule has 0 radical (unpaired) electrons. The number of hydrogen-bond donors (Lipinski definition) is 0. The molecule has 0 fully saturated rings. The number of aromatic nitrogens is 1. The third-order valence-corrected chi connectivity index (χ3v) is 11.5. The fourth-order valence-corrected chi connectivity index (χ4v) is 9.26. The Hall–Kier alpha value is -5.44. The van der Waals surface area contributed by atoms with E-state index in [1.807, 2.05) is 31.3 Å². The van der Waals surface area contributed by atoms with Gasteiger partial charge in [0.1, 0.15) is 0 Å². The molecule has 0 spiro atoms. The number of rotatable bonds is 5. The van der Waals surface area contributed by atoms with E-state index < -0.39 is 0 Å². The lowest BCUT2D eigenvalue weighted by molar-refractivity contribution is 0.661. The molecule has 1 aliphatic rings. The molecule has 1 nitrogen and oxygen atoms in total. The minimum absolute atomic E-state index is 0.0748. The average molecular weight is 664 g/mol. The summed E-state index contributed by atoms with van der Waals surface area (Å²) in [5, 5.41) is 5.19. The fourth-order valence-electron chi connectivity index (χ4n) is 7.99. The van der Waals surface area contributed by atoms with Crippen molar-refractivity contribution in [1.29, 1.82) is 0 Å². The van der Waals surface area contributed by atoms with Crippen molar-refractivity contribution in [2.45, 2.75) is 40.0 Å². The molecule has 0 saturated carbocycles. The van der Waals surface area contributed by atoms with Crippen LogP contribution in [0.5, 0.6) is 0 Å². The highest BCUT2D eigenvalue weighted by atomic mass is 32.1. The molecule has 244 valence electrons. The van der Waals surface area contributed by atoms with E-state index in [0.29, 0.717) is 0 Å². The second kappa shape index (κ2) is 12.5. The number of allylic oxidation sites excluding steroid dienone is 5. The van der Waals surface area contributed by atoms with Crippen molar-refractivity contribution in [1.82, 2.24) is 4.57 Å². The van der Waals surface area contributed by atoms with Crippen LogP contribution in [0.4, 0.5) is 0 Å². The molecule has 0 saturated heterocycles. The highest BCUT2D eigenvalue weighted by molar-refractivity contribution is 7.26. The van der Waals surface area contributed by atoms with Crippen molar-refractivity contribution in [2.75, 3.05) is 0 Å². The first-order chi connectivity index (χ1) is 24.5. The maximum Gasteiger partial charge on any atom is 0.0541 e. The van der Waals surface area contributed by atoms with Crippen LogP contribution in [0, 0.1) is 0 Å². The molecule has 2 aromatic heterocycles. The van der Waals surface area contributed by atoms with Crippen molar-refractivity contribution < 1.29 is 0 Å². The zero-order valence-corrected chi connectivity index (χ0v) is 30.2. The zero-order chi connectivity index (χ0) is 34.6. The van der Waals surface area contributed by atoms with Crippen LogP contribution in [-0.4, -0.2) is 4.57 Å². The summed E-state index contributed by atoms with van der Waals surface area (Å²) in [6.07, 6.45) is 8.21. The van der Waals surface area contributed by atoms with E-state index in [0.717, 1.165) is 5.57 Å². The number of nitrogens with zero attached hydrogens (tertiary/aromatic N) is 1. The van der Waals surface area contributed by atoms with Gasteiger partial charge in [-0.15, -0.1) is 11.3 Å². The van der Waals surface area contributed by atoms with Crippen molar-refractivity contribution in [3.8, 4) is 27.9 Å². The predicted molar refractivity (Wildman–Crippen MR) is 221 cm³/mol. The minimum atomic E-state index is -0.0748. The van der Waals surface area contributed by atoms with Gasteiger partial charge in [0.15, 0.2) is 0 Å². The third kappa shape index (κ3) is 4.82. The smallest absolute Gasteiger partial charge is 0.0541 e. The fraction of sp³-hybridized carbons (Fsp3) is 0.125. The van der Waals surface area contributed by atoms with Crippen LogP contribution >= 0.6 is 11.3 Å². The van der Waals surface area contributed by atoms with Gasteiger partial charge in [0, 0.05) is 47.6 Å². The van der Waals surface area contributed by atoms with Gasteiger partial charge in [-0.3, -0.25) is 0 Å². The number of hydrogen-bond acceptors (Lipinski definition) is 1. The van der Waals surface area contributed by atoms with Crippen molar-refractivity contribution in [3.05, 3.63) is 169 Å². The Labute approximate surface area is 299 Å². The highest BCUT2D eigenvalue weighted by Crippen LogP contribution is 2.54. The molecule has 0 amide bonds. The van der Waals surface area contributed by atoms with E-state index in [2.05, 4.69) is 171 Å². The summed E-state index contributed by atoms with van der Waals surface area (Å²) < 4.78 is 5.20. The monoisotopic (exact) mass is 663 g/mol. The van der Waals surface area contributed by atoms with E-state index in [9.17, 15) is 0 Å². The van der Waals surface area contributed by atoms with Gasteiger partial charge in [-0.05, 0) is 88.3 Å². The first-order valence-electron chi connectivity index (χ1n) is 17.7. The molecular weight excluding hydrogens is 623 g/mol. The van der Waals surface area contributed by atoms with Gasteiger partial charge in [0.2, 0.25) is 0 Å². The zero-order valence-electron chi connectivity index (χ0n) is 29.4. The Bertz CT molecular complexity index is 2660. The lowest BCUT2D eigenvalue weighted by Gasteiger charge is -2.21. The van der Waals surface area contributed by atoms with Crippen molar-refractivity contribution >= 4 is 58.9 Å². The van der Waals surface area contributed by atoms with E-state index in [1.165, 1.54) is 86.6 Å². The second-order valence-electron chi connectivity index (χ2n) is 13.3. The first-order valence-corrected chi connectivity index (χ1v) is 18.5. The number of benzene rings is 6. The first kappa shape index (κ1) is 31.8. The maximum atomic E-state index is 3.98. The van der Waals surface area contributed by atoms with Crippen molar-refractivity contribution in [2.24, 2.45) is 0 Å². The van der Waals surface area contributed by atoms with E-state index in [4.69, 9.17) is 0 Å². The lowest BCUT2D eigenvalue weighted by atomic mass is 9.82. The summed E-state index contributed by atoms with van der Waals surface area (Å²) in [5.74, 6) is 0. The Balaban J connectivity index is 0.00000177. The molecule has 9 rings (SSSR count). The molecule has 1 aliphatic carbocycles. The second-order valence-corrected chi connectivity index (χ2v) is 14.4. The molecular formula is C48H41NS. The summed E-state index contributed by atoms with van der Waals surface area (Å²) in [7, 11) is 0. The highest BCUT2D eigenvalue weighted by Gasteiger charge is 2.37. The Morgan fingerprint density at radius 2 is 1.40 bits per heavy atom. The summed E-state index contributed by atoms with van der Waals surface area (Å²) in [4.78, 5) is 0. The van der Waals surface area contributed by atoms with Crippen LogP contribution in [0.25, 0.3) is 75.5 Å². The SMILES string of the molecule is C=C/C=C(\C=C/C)c1ccc2c(c1)c1cc(-c3ccccc3)ccc1n2-c1ccc2c(c1)-c1c(ccc3c1sc1ccccc13)C2(C)C.CC. The standard InChI is InChI=1S/C46H35NS.C2H6/c1-5-12-29(13-6-2)31-18-24-41-36(26-31)37-27-32(30-14-8-7-9-15-30)19-25-42(37)47(41)33-20-22-39-38(28-33)44-40(46(39,3)4)23-21-35-34-16-10-11-17-43(34)48-45(35)44;1-2/h5-28H,1H2,2-4H3;1-2H3/b13-6-,29-12+;. The molecule has 2 heterocycles. The van der Waals surface area contributed by atoms with Gasteiger partial charge < -0.3 is 4.57 Å². The topological polar surface area (TPSA) is 4.93 Å². The maximum absolute atomic E-state index is 3.98. The van der Waals surface area contributed by atoms with E-state index >= 15 is 0 Å². The third-order valence-electron chi connectivity index (χ3n) is 10.3. The van der Waals surface area contributed by atoms with E-state index in [-0.39, 0.29) is 5.41 Å². The molecule has 6 aromatic carbocycles. The molecule has 0 aliphatic heterocycles. The summed E-state index contributed by atoms with van der Waals surface area (Å²) in [5.41, 5.74) is 13.9. The van der Waals surface area contributed by atoms with Crippen LogP contribution < -0.4 is 0 Å². The predicted octanol–water partition coefficient (Wildman–Crippen LogP) is 14.3. The summed E-state index contributed by atoms with van der Waals surface area (Å²) in [6, 6.07) is 45.2. The van der Waals surface area contributed by atoms with Crippen molar-refractivity contribution in [3.63, 3.8) is 0 Å². The number of fused-ring (bicyclic) bond motifs is 10. The minimum Gasteiger partial charge on any atom is -0.309 e. The average Bonchev–Trinajstić information content (AvgIpc) is 3.77. The Morgan fingerprint density at radius 3 is 2.18 bits per heavy atom. The van der Waals surface area contributed by atoms with Gasteiger partial charge in [0.25, 0.3) is 0 Å². The molecule has 0 N–H and O–H groups in total. The Kier molecular flexibility index (Phi) is 7.93. The van der Waals surface area contributed by atoms with Gasteiger partial charge in [-0.1, -0.05) is 137 Å². The summed E-state index contributed by atoms with van der Waals surface area (Å²) >= 11 is 1.93.